The number of methoxy groups -OCH3 is 1. The average Bonchev–Trinajstić information content (AvgIpc) is 3.24. The summed E-state index contributed by atoms with van der Waals surface area (Å²) in [7, 11) is 1.64. The molecule has 6 nitrogen and oxygen atoms in total. The lowest BCUT2D eigenvalue weighted by atomic mass is 9.86. The van der Waals surface area contributed by atoms with E-state index in [0.29, 0.717) is 18.3 Å². The second-order valence-electron chi connectivity index (χ2n) is 8.27. The van der Waals surface area contributed by atoms with Crippen molar-refractivity contribution in [3.05, 3.63) is 41.5 Å². The Morgan fingerprint density at radius 2 is 1.92 bits per heavy atom. The summed E-state index contributed by atoms with van der Waals surface area (Å²) < 4.78 is 10.7. The highest BCUT2D eigenvalue weighted by Crippen LogP contribution is 2.36. The van der Waals surface area contributed by atoms with Crippen LogP contribution in [-0.2, 0) is 17.6 Å². The van der Waals surface area contributed by atoms with Gasteiger partial charge >= 0.3 is 0 Å². The molecule has 2 heterocycles. The molecule has 3 rings (SSSR count). The van der Waals surface area contributed by atoms with Gasteiger partial charge < -0.3 is 14.4 Å². The number of aromatic nitrogens is 2. The summed E-state index contributed by atoms with van der Waals surface area (Å²) in [5.41, 5.74) is -0.216. The second kappa shape index (κ2) is 7.00. The van der Waals surface area contributed by atoms with E-state index < -0.39 is 5.60 Å². The Kier molecular flexibility index (Phi) is 5.08. The molecule has 2 aromatic rings. The van der Waals surface area contributed by atoms with E-state index in [9.17, 15) is 5.11 Å². The van der Waals surface area contributed by atoms with Crippen LogP contribution in [0.1, 0.15) is 57.8 Å². The van der Waals surface area contributed by atoms with Gasteiger partial charge in [-0.1, -0.05) is 38.1 Å². The van der Waals surface area contributed by atoms with Crippen molar-refractivity contribution in [2.24, 2.45) is 0 Å². The van der Waals surface area contributed by atoms with E-state index >= 15 is 0 Å². The molecule has 1 aliphatic heterocycles. The summed E-state index contributed by atoms with van der Waals surface area (Å²) >= 11 is 0. The maximum atomic E-state index is 11.3. The predicted octanol–water partition coefficient (Wildman–Crippen LogP) is 3.25. The highest BCUT2D eigenvalue weighted by Gasteiger charge is 2.41. The number of aliphatic hydroxyl groups is 1. The maximum absolute atomic E-state index is 11.3. The van der Waals surface area contributed by atoms with Gasteiger partial charge in [0.1, 0.15) is 11.4 Å². The van der Waals surface area contributed by atoms with Gasteiger partial charge in [0.05, 0.1) is 13.7 Å². The Bertz CT molecular complexity index is 732. The molecule has 0 saturated carbocycles. The number of hydrogen-bond acceptors (Lipinski definition) is 6. The molecule has 0 amide bonds. The van der Waals surface area contributed by atoms with Crippen molar-refractivity contribution in [1.29, 1.82) is 0 Å². The Hall–Kier alpha value is -1.92. The fourth-order valence-electron chi connectivity index (χ4n) is 3.57. The Balaban J connectivity index is 1.77. The Morgan fingerprint density at radius 3 is 2.50 bits per heavy atom. The number of hydrogen-bond donors (Lipinski definition) is 1. The second-order valence-corrected chi connectivity index (χ2v) is 8.27. The fourth-order valence-corrected chi connectivity index (χ4v) is 3.57. The van der Waals surface area contributed by atoms with Crippen molar-refractivity contribution in [3.63, 3.8) is 0 Å². The Morgan fingerprint density at radius 1 is 1.23 bits per heavy atom. The first-order chi connectivity index (χ1) is 12.2. The van der Waals surface area contributed by atoms with Crippen LogP contribution in [0.4, 0.5) is 0 Å². The summed E-state index contributed by atoms with van der Waals surface area (Å²) in [5.74, 6) is 2.10. The van der Waals surface area contributed by atoms with Crippen LogP contribution in [0.3, 0.4) is 0 Å². The molecule has 1 fully saturated rings. The highest BCUT2D eigenvalue weighted by atomic mass is 16.5. The van der Waals surface area contributed by atoms with Gasteiger partial charge in [-0.3, -0.25) is 4.90 Å². The zero-order chi connectivity index (χ0) is 18.9. The van der Waals surface area contributed by atoms with Gasteiger partial charge in [-0.25, -0.2) is 0 Å². The molecule has 0 aliphatic carbocycles. The largest absolute Gasteiger partial charge is 0.497 e. The first-order valence-electron chi connectivity index (χ1n) is 9.16. The average molecular weight is 359 g/mol. The molecule has 1 saturated heterocycles. The van der Waals surface area contributed by atoms with Crippen LogP contribution in [-0.4, -0.2) is 39.8 Å². The number of benzene rings is 1. The lowest BCUT2D eigenvalue weighted by molar-refractivity contribution is -0.0278. The van der Waals surface area contributed by atoms with Crippen molar-refractivity contribution in [2.45, 2.75) is 64.1 Å². The van der Waals surface area contributed by atoms with Crippen LogP contribution < -0.4 is 4.74 Å². The van der Waals surface area contributed by atoms with Gasteiger partial charge in [-0.15, -0.1) is 0 Å². The fraction of sp³-hybridized carbons (Fsp3) is 0.600. The van der Waals surface area contributed by atoms with Crippen LogP contribution in [0.15, 0.2) is 28.8 Å². The summed E-state index contributed by atoms with van der Waals surface area (Å²) in [5, 5.41) is 15.4. The quantitative estimate of drug-likeness (QED) is 0.884. The minimum atomic E-state index is -0.963. The highest BCUT2D eigenvalue weighted by molar-refractivity contribution is 5.31. The molecule has 0 spiro atoms. The zero-order valence-electron chi connectivity index (χ0n) is 16.3. The van der Waals surface area contributed by atoms with Gasteiger partial charge in [-0.2, -0.15) is 4.98 Å². The summed E-state index contributed by atoms with van der Waals surface area (Å²) in [6, 6.07) is 7.63. The number of nitrogens with zero attached hydrogens (tertiary/aromatic N) is 3. The normalized spacial score (nSPS) is 20.9. The van der Waals surface area contributed by atoms with Gasteiger partial charge in [0.2, 0.25) is 5.89 Å². The third kappa shape index (κ3) is 3.76. The van der Waals surface area contributed by atoms with Crippen molar-refractivity contribution in [3.8, 4) is 5.75 Å². The molecule has 0 bridgehead atoms. The van der Waals surface area contributed by atoms with Crippen LogP contribution in [0.5, 0.6) is 5.75 Å². The maximum Gasteiger partial charge on any atom is 0.240 e. The van der Waals surface area contributed by atoms with Gasteiger partial charge in [0.15, 0.2) is 5.82 Å². The van der Waals surface area contributed by atoms with Crippen molar-refractivity contribution >= 4 is 0 Å². The number of likely N-dealkylation sites (tertiary alicyclic amines) is 1. The summed E-state index contributed by atoms with van der Waals surface area (Å²) in [6.07, 6.45) is 1.97. The topological polar surface area (TPSA) is 71.6 Å². The van der Waals surface area contributed by atoms with Crippen LogP contribution in [0, 0.1) is 0 Å². The van der Waals surface area contributed by atoms with E-state index in [1.165, 1.54) is 0 Å². The van der Waals surface area contributed by atoms with Crippen LogP contribution in [0.25, 0.3) is 0 Å². The van der Waals surface area contributed by atoms with E-state index in [-0.39, 0.29) is 11.5 Å². The third-order valence-electron chi connectivity index (χ3n) is 5.16. The molecule has 6 heteroatoms. The molecular formula is C20H29N3O3. The van der Waals surface area contributed by atoms with Crippen LogP contribution in [0.2, 0.25) is 0 Å². The smallest absolute Gasteiger partial charge is 0.240 e. The van der Waals surface area contributed by atoms with E-state index in [1.807, 2.05) is 31.2 Å². The van der Waals surface area contributed by atoms with E-state index in [4.69, 9.17) is 9.26 Å². The van der Waals surface area contributed by atoms with E-state index in [2.05, 4.69) is 35.8 Å². The number of rotatable bonds is 5. The lowest BCUT2D eigenvalue weighted by Gasteiger charge is -2.36. The zero-order valence-corrected chi connectivity index (χ0v) is 16.3. The molecule has 1 aromatic carbocycles. The molecule has 142 valence electrons. The third-order valence-corrected chi connectivity index (χ3v) is 5.16. The monoisotopic (exact) mass is 359 g/mol. The van der Waals surface area contributed by atoms with Crippen LogP contribution >= 0.6 is 0 Å². The molecule has 1 N–H and O–H groups in total. The SMILES string of the molecule is COc1ccc([C@@](C)(O)[C@H]2CCCN2Cc2nc(C(C)(C)C)no2)cc1. The summed E-state index contributed by atoms with van der Waals surface area (Å²) in [6.45, 7) is 9.54. The molecule has 26 heavy (non-hydrogen) atoms. The van der Waals surface area contributed by atoms with Crippen molar-refractivity contribution in [1.82, 2.24) is 15.0 Å². The van der Waals surface area contributed by atoms with Gasteiger partial charge in [0, 0.05) is 11.5 Å². The molecule has 1 aliphatic rings. The number of ether oxygens (including phenoxy) is 1. The van der Waals surface area contributed by atoms with Gasteiger partial charge in [-0.05, 0) is 44.0 Å². The first kappa shape index (κ1) is 18.9. The predicted molar refractivity (Wildman–Crippen MR) is 99.0 cm³/mol. The summed E-state index contributed by atoms with van der Waals surface area (Å²) in [4.78, 5) is 6.78. The van der Waals surface area contributed by atoms with Crippen molar-refractivity contribution < 1.29 is 14.4 Å². The minimum absolute atomic E-state index is 0.000816. The van der Waals surface area contributed by atoms with Gasteiger partial charge in [0.25, 0.3) is 0 Å². The molecule has 0 radical (unpaired) electrons. The molecule has 2 atom stereocenters. The van der Waals surface area contributed by atoms with E-state index in [1.54, 1.807) is 7.11 Å². The van der Waals surface area contributed by atoms with E-state index in [0.717, 1.165) is 30.7 Å². The lowest BCUT2D eigenvalue weighted by Crippen LogP contribution is -2.45. The first-order valence-corrected chi connectivity index (χ1v) is 9.16. The molecule has 1 aromatic heterocycles. The molecule has 0 unspecified atom stereocenters. The van der Waals surface area contributed by atoms with Crippen molar-refractivity contribution in [2.75, 3.05) is 13.7 Å². The standard InChI is InChI=1S/C20H29N3O3/c1-19(2,3)18-21-17(26-22-18)13-23-12-6-7-16(23)20(4,24)14-8-10-15(25-5)11-9-14/h8-11,16,24H,6-7,12-13H2,1-5H3/t16-,20-/m1/s1. The minimum Gasteiger partial charge on any atom is -0.497 e. The Labute approximate surface area is 155 Å². The molecular weight excluding hydrogens is 330 g/mol.